The summed E-state index contributed by atoms with van der Waals surface area (Å²) in [5, 5.41) is 23.5. The first kappa shape index (κ1) is 15.1. The van der Waals surface area contributed by atoms with E-state index in [0.717, 1.165) is 10.7 Å². The van der Waals surface area contributed by atoms with Gasteiger partial charge in [0.25, 0.3) is 0 Å². The molecule has 0 amide bonds. The molecule has 5 nitrogen and oxygen atoms in total. The minimum absolute atomic E-state index is 0.161. The summed E-state index contributed by atoms with van der Waals surface area (Å²) >= 11 is 0. The normalized spacial score (nSPS) is 10.4. The highest BCUT2D eigenvalue weighted by Crippen LogP contribution is 2.29. The van der Waals surface area contributed by atoms with Gasteiger partial charge in [-0.05, 0) is 18.2 Å². The number of para-hydroxylation sites is 2. The maximum absolute atomic E-state index is 12.6. The van der Waals surface area contributed by atoms with Crippen molar-refractivity contribution in [2.45, 2.75) is 6.18 Å². The van der Waals surface area contributed by atoms with Crippen molar-refractivity contribution >= 4 is 5.69 Å². The Morgan fingerprint density at radius 3 is 2.45 bits per heavy atom. The number of anilines is 1. The van der Waals surface area contributed by atoms with Gasteiger partial charge in [-0.3, -0.25) is 0 Å². The lowest BCUT2D eigenvalue weighted by atomic mass is 10.2. The van der Waals surface area contributed by atoms with E-state index < -0.39 is 11.9 Å². The first-order valence-corrected chi connectivity index (χ1v) is 5.95. The SMILES string of the molecule is N#CC(C#N)=CNc1ccccc1-n1ccc(C(F)(F)F)n1. The van der Waals surface area contributed by atoms with Crippen LogP contribution in [0.25, 0.3) is 5.69 Å². The third-order valence-electron chi connectivity index (χ3n) is 2.64. The number of nitrogens with zero attached hydrogens (tertiary/aromatic N) is 4. The van der Waals surface area contributed by atoms with Crippen LogP contribution in [-0.2, 0) is 6.18 Å². The Balaban J connectivity index is 2.38. The molecule has 1 aromatic heterocycles. The molecule has 22 heavy (non-hydrogen) atoms. The predicted octanol–water partition coefficient (Wildman–Crippen LogP) is 3.23. The molecule has 8 heteroatoms. The quantitative estimate of drug-likeness (QED) is 0.883. The number of benzene rings is 1. The van der Waals surface area contributed by atoms with E-state index in [9.17, 15) is 13.2 Å². The van der Waals surface area contributed by atoms with E-state index in [1.807, 2.05) is 0 Å². The van der Waals surface area contributed by atoms with Gasteiger partial charge in [-0.1, -0.05) is 12.1 Å². The second-order valence-corrected chi connectivity index (χ2v) is 4.09. The molecule has 0 aliphatic rings. The highest BCUT2D eigenvalue weighted by atomic mass is 19.4. The molecule has 0 saturated heterocycles. The van der Waals surface area contributed by atoms with Crippen LogP contribution in [0.2, 0.25) is 0 Å². The number of hydrogen-bond donors (Lipinski definition) is 1. The maximum atomic E-state index is 12.6. The minimum atomic E-state index is -4.53. The monoisotopic (exact) mass is 303 g/mol. The fourth-order valence-electron chi connectivity index (χ4n) is 1.64. The number of alkyl halides is 3. The highest BCUT2D eigenvalue weighted by Gasteiger charge is 2.33. The van der Waals surface area contributed by atoms with Gasteiger partial charge < -0.3 is 5.32 Å². The molecular formula is C14H8F3N5. The molecule has 0 fully saturated rings. The molecule has 0 spiro atoms. The average Bonchev–Trinajstić information content (AvgIpc) is 2.98. The van der Waals surface area contributed by atoms with Crippen molar-refractivity contribution in [3.63, 3.8) is 0 Å². The lowest BCUT2D eigenvalue weighted by molar-refractivity contribution is -0.141. The van der Waals surface area contributed by atoms with Crippen LogP contribution >= 0.6 is 0 Å². The summed E-state index contributed by atoms with van der Waals surface area (Å²) in [7, 11) is 0. The summed E-state index contributed by atoms with van der Waals surface area (Å²) in [4.78, 5) is 0. The molecular weight excluding hydrogens is 295 g/mol. The Morgan fingerprint density at radius 1 is 1.18 bits per heavy atom. The zero-order chi connectivity index (χ0) is 16.2. The van der Waals surface area contributed by atoms with Crippen molar-refractivity contribution in [3.8, 4) is 17.8 Å². The maximum Gasteiger partial charge on any atom is 0.435 e. The van der Waals surface area contributed by atoms with Crippen molar-refractivity contribution in [2.24, 2.45) is 0 Å². The lowest BCUT2D eigenvalue weighted by Crippen LogP contribution is -2.08. The second-order valence-electron chi connectivity index (χ2n) is 4.09. The predicted molar refractivity (Wildman–Crippen MR) is 71.5 cm³/mol. The number of nitrogens with one attached hydrogen (secondary N) is 1. The van der Waals surface area contributed by atoms with Crippen molar-refractivity contribution in [1.82, 2.24) is 9.78 Å². The van der Waals surface area contributed by atoms with Crippen LogP contribution in [0.3, 0.4) is 0 Å². The van der Waals surface area contributed by atoms with Gasteiger partial charge >= 0.3 is 6.18 Å². The van der Waals surface area contributed by atoms with Crippen LogP contribution < -0.4 is 5.32 Å². The molecule has 0 bridgehead atoms. The van der Waals surface area contributed by atoms with Gasteiger partial charge in [0, 0.05) is 12.4 Å². The number of rotatable bonds is 3. The van der Waals surface area contributed by atoms with Gasteiger partial charge in [-0.25, -0.2) is 4.68 Å². The van der Waals surface area contributed by atoms with E-state index in [1.54, 1.807) is 36.4 Å². The second kappa shape index (κ2) is 6.02. The fraction of sp³-hybridized carbons (Fsp3) is 0.0714. The minimum Gasteiger partial charge on any atom is -0.358 e. The van der Waals surface area contributed by atoms with E-state index in [4.69, 9.17) is 10.5 Å². The Hall–Kier alpha value is -3.26. The topological polar surface area (TPSA) is 77.4 Å². The summed E-state index contributed by atoms with van der Waals surface area (Å²) < 4.78 is 38.8. The molecule has 0 aliphatic carbocycles. The number of hydrogen-bond acceptors (Lipinski definition) is 4. The molecule has 1 N–H and O–H groups in total. The van der Waals surface area contributed by atoms with E-state index >= 15 is 0 Å². The van der Waals surface area contributed by atoms with Gasteiger partial charge in [0.15, 0.2) is 5.69 Å². The Labute approximate surface area is 123 Å². The molecule has 1 aromatic carbocycles. The number of aromatic nitrogens is 2. The van der Waals surface area contributed by atoms with E-state index in [2.05, 4.69) is 10.4 Å². The molecule has 0 radical (unpaired) electrons. The number of nitriles is 2. The molecule has 110 valence electrons. The molecule has 1 heterocycles. The van der Waals surface area contributed by atoms with Crippen LogP contribution in [0.4, 0.5) is 18.9 Å². The van der Waals surface area contributed by atoms with Crippen molar-refractivity contribution in [2.75, 3.05) is 5.32 Å². The molecule has 2 rings (SSSR count). The number of halogens is 3. The van der Waals surface area contributed by atoms with E-state index in [1.165, 1.54) is 12.4 Å². The van der Waals surface area contributed by atoms with Crippen LogP contribution in [-0.4, -0.2) is 9.78 Å². The van der Waals surface area contributed by atoms with Crippen molar-refractivity contribution < 1.29 is 13.2 Å². The average molecular weight is 303 g/mol. The zero-order valence-electron chi connectivity index (χ0n) is 11.0. The first-order valence-electron chi connectivity index (χ1n) is 5.95. The Bertz CT molecular complexity index is 774. The third kappa shape index (κ3) is 3.25. The molecule has 2 aromatic rings. The van der Waals surface area contributed by atoms with Crippen LogP contribution in [0, 0.1) is 22.7 Å². The van der Waals surface area contributed by atoms with Gasteiger partial charge in [0.1, 0.15) is 17.7 Å². The van der Waals surface area contributed by atoms with Gasteiger partial charge in [-0.2, -0.15) is 28.8 Å². The van der Waals surface area contributed by atoms with Crippen LogP contribution in [0.1, 0.15) is 5.69 Å². The highest BCUT2D eigenvalue weighted by molar-refractivity contribution is 5.63. The molecule has 0 aliphatic heterocycles. The summed E-state index contributed by atoms with van der Waals surface area (Å²) in [5.41, 5.74) is -0.411. The molecule has 0 unspecified atom stereocenters. The third-order valence-corrected chi connectivity index (χ3v) is 2.64. The van der Waals surface area contributed by atoms with E-state index in [-0.39, 0.29) is 5.57 Å². The molecule has 0 saturated carbocycles. The standard InChI is InChI=1S/C14H8F3N5/c15-14(16,17)13-5-6-22(21-13)12-4-2-1-3-11(12)20-9-10(7-18)8-19/h1-6,9,20H. The van der Waals surface area contributed by atoms with Crippen LogP contribution in [0.5, 0.6) is 0 Å². The zero-order valence-corrected chi connectivity index (χ0v) is 11.0. The Morgan fingerprint density at radius 2 is 1.86 bits per heavy atom. The van der Waals surface area contributed by atoms with Crippen molar-refractivity contribution in [3.05, 3.63) is 54.0 Å². The van der Waals surface area contributed by atoms with Gasteiger partial charge in [-0.15, -0.1) is 0 Å². The summed E-state index contributed by atoms with van der Waals surface area (Å²) in [5.74, 6) is 0. The summed E-state index contributed by atoms with van der Waals surface area (Å²) in [6, 6.07) is 10.6. The fourth-order valence-corrected chi connectivity index (χ4v) is 1.64. The van der Waals surface area contributed by atoms with Gasteiger partial charge in [0.05, 0.1) is 11.4 Å². The van der Waals surface area contributed by atoms with Crippen LogP contribution in [0.15, 0.2) is 48.3 Å². The largest absolute Gasteiger partial charge is 0.435 e. The first-order chi connectivity index (χ1) is 10.5. The molecule has 0 atom stereocenters. The lowest BCUT2D eigenvalue weighted by Gasteiger charge is -2.09. The Kier molecular flexibility index (Phi) is 4.14. The summed E-state index contributed by atoms with van der Waals surface area (Å²) in [6.07, 6.45) is -2.17. The summed E-state index contributed by atoms with van der Waals surface area (Å²) in [6.45, 7) is 0. The smallest absolute Gasteiger partial charge is 0.358 e. The van der Waals surface area contributed by atoms with Crippen molar-refractivity contribution in [1.29, 1.82) is 10.5 Å². The number of allylic oxidation sites excluding steroid dienone is 1. The van der Waals surface area contributed by atoms with E-state index in [0.29, 0.717) is 11.4 Å². The van der Waals surface area contributed by atoms with Gasteiger partial charge in [0.2, 0.25) is 0 Å².